The van der Waals surface area contributed by atoms with Crippen molar-refractivity contribution in [2.45, 2.75) is 26.1 Å². The van der Waals surface area contributed by atoms with Crippen LogP contribution in [0.25, 0.3) is 0 Å². The lowest BCUT2D eigenvalue weighted by atomic mass is 10.1. The highest BCUT2D eigenvalue weighted by atomic mass is 19.1. The van der Waals surface area contributed by atoms with Crippen LogP contribution < -0.4 is 5.32 Å². The third kappa shape index (κ3) is 3.11. The Labute approximate surface area is 112 Å². The molecule has 5 heteroatoms. The molecule has 1 aliphatic rings. The Morgan fingerprint density at radius 2 is 2.16 bits per heavy atom. The van der Waals surface area contributed by atoms with E-state index >= 15 is 0 Å². The Morgan fingerprint density at radius 1 is 1.47 bits per heavy atom. The summed E-state index contributed by atoms with van der Waals surface area (Å²) in [5.41, 5.74) is 0.885. The maximum absolute atomic E-state index is 13.0. The van der Waals surface area contributed by atoms with Crippen molar-refractivity contribution < 1.29 is 13.9 Å². The van der Waals surface area contributed by atoms with Gasteiger partial charge in [0, 0.05) is 6.61 Å². The monoisotopic (exact) mass is 266 g/mol. The van der Waals surface area contributed by atoms with Gasteiger partial charge in [0.1, 0.15) is 12.0 Å². The number of carbonyl (C=O) groups is 1. The van der Waals surface area contributed by atoms with Gasteiger partial charge < -0.3 is 9.64 Å². The van der Waals surface area contributed by atoms with Crippen LogP contribution in [0.4, 0.5) is 4.39 Å². The van der Waals surface area contributed by atoms with E-state index in [1.54, 1.807) is 17.0 Å². The van der Waals surface area contributed by atoms with Crippen LogP contribution in [0, 0.1) is 5.82 Å². The van der Waals surface area contributed by atoms with Crippen molar-refractivity contribution in [2.75, 3.05) is 19.8 Å². The number of rotatable bonds is 5. The molecule has 0 bridgehead atoms. The fraction of sp³-hybridized carbons (Fsp3) is 0.500. The number of ether oxygens (including phenoxy) is 1. The van der Waals surface area contributed by atoms with Crippen LogP contribution >= 0.6 is 0 Å². The summed E-state index contributed by atoms with van der Waals surface area (Å²) in [5.74, 6) is -0.233. The molecule has 2 atom stereocenters. The van der Waals surface area contributed by atoms with E-state index in [1.165, 1.54) is 12.1 Å². The van der Waals surface area contributed by atoms with Crippen molar-refractivity contribution in [1.29, 1.82) is 0 Å². The highest BCUT2D eigenvalue weighted by Crippen LogP contribution is 2.25. The SMILES string of the molecule is CCOCC(C)N1C(=O)CNC1c1ccc(F)cc1. The lowest BCUT2D eigenvalue weighted by Crippen LogP contribution is -2.40. The molecule has 0 spiro atoms. The molecule has 0 aliphatic carbocycles. The number of benzene rings is 1. The zero-order chi connectivity index (χ0) is 13.8. The van der Waals surface area contributed by atoms with Crippen LogP contribution in [0.3, 0.4) is 0 Å². The zero-order valence-corrected chi connectivity index (χ0v) is 11.2. The van der Waals surface area contributed by atoms with E-state index < -0.39 is 0 Å². The Hall–Kier alpha value is -1.46. The largest absolute Gasteiger partial charge is 0.380 e. The van der Waals surface area contributed by atoms with E-state index in [9.17, 15) is 9.18 Å². The smallest absolute Gasteiger partial charge is 0.238 e. The van der Waals surface area contributed by atoms with Crippen LogP contribution in [0.1, 0.15) is 25.6 Å². The van der Waals surface area contributed by atoms with E-state index in [2.05, 4.69) is 5.32 Å². The standard InChI is InChI=1S/C14H19FN2O2/c1-3-19-9-10(2)17-13(18)8-16-14(17)11-4-6-12(15)7-5-11/h4-7,10,14,16H,3,8-9H2,1-2H3. The van der Waals surface area contributed by atoms with Crippen LogP contribution in [0.15, 0.2) is 24.3 Å². The summed E-state index contributed by atoms with van der Waals surface area (Å²) >= 11 is 0. The predicted octanol–water partition coefficient (Wildman–Crippen LogP) is 1.68. The van der Waals surface area contributed by atoms with Crippen molar-refractivity contribution in [3.8, 4) is 0 Å². The van der Waals surface area contributed by atoms with Gasteiger partial charge in [-0.1, -0.05) is 12.1 Å². The van der Waals surface area contributed by atoms with Crippen molar-refractivity contribution in [1.82, 2.24) is 10.2 Å². The first kappa shape index (κ1) is 14.0. The third-order valence-electron chi connectivity index (χ3n) is 3.24. The van der Waals surface area contributed by atoms with Gasteiger partial charge in [-0.3, -0.25) is 10.1 Å². The van der Waals surface area contributed by atoms with Gasteiger partial charge in [-0.25, -0.2) is 4.39 Å². The minimum atomic E-state index is -0.276. The van der Waals surface area contributed by atoms with Crippen molar-refractivity contribution in [3.05, 3.63) is 35.6 Å². The van der Waals surface area contributed by atoms with E-state index in [1.807, 2.05) is 13.8 Å². The van der Waals surface area contributed by atoms with E-state index in [-0.39, 0.29) is 23.9 Å². The minimum Gasteiger partial charge on any atom is -0.380 e. The maximum Gasteiger partial charge on any atom is 0.238 e. The quantitative estimate of drug-likeness (QED) is 0.881. The Balaban J connectivity index is 2.14. The third-order valence-corrected chi connectivity index (χ3v) is 3.24. The molecule has 4 nitrogen and oxygen atoms in total. The number of nitrogens with zero attached hydrogens (tertiary/aromatic N) is 1. The van der Waals surface area contributed by atoms with Gasteiger partial charge in [-0.2, -0.15) is 0 Å². The normalized spacial score (nSPS) is 20.9. The van der Waals surface area contributed by atoms with Gasteiger partial charge in [-0.05, 0) is 31.5 Å². The molecule has 0 saturated carbocycles. The molecule has 0 aromatic heterocycles. The lowest BCUT2D eigenvalue weighted by molar-refractivity contribution is -0.131. The molecule has 104 valence electrons. The second-order valence-electron chi connectivity index (χ2n) is 4.64. The summed E-state index contributed by atoms with van der Waals surface area (Å²) in [4.78, 5) is 13.7. The first-order valence-corrected chi connectivity index (χ1v) is 6.51. The number of nitrogens with one attached hydrogen (secondary N) is 1. The topological polar surface area (TPSA) is 41.6 Å². The van der Waals surface area contributed by atoms with Crippen molar-refractivity contribution in [2.24, 2.45) is 0 Å². The van der Waals surface area contributed by atoms with Gasteiger partial charge >= 0.3 is 0 Å². The maximum atomic E-state index is 13.0. The van der Waals surface area contributed by atoms with Crippen molar-refractivity contribution in [3.63, 3.8) is 0 Å². The molecule has 19 heavy (non-hydrogen) atoms. The Morgan fingerprint density at radius 3 is 2.79 bits per heavy atom. The number of hydrogen-bond acceptors (Lipinski definition) is 3. The fourth-order valence-corrected chi connectivity index (χ4v) is 2.31. The second kappa shape index (κ2) is 6.12. The average molecular weight is 266 g/mol. The van der Waals surface area contributed by atoms with Crippen LogP contribution in [0.5, 0.6) is 0 Å². The summed E-state index contributed by atoms with van der Waals surface area (Å²) in [7, 11) is 0. The van der Waals surface area contributed by atoms with Gasteiger partial charge in [0.25, 0.3) is 0 Å². The minimum absolute atomic E-state index is 0.0162. The molecule has 1 N–H and O–H groups in total. The fourth-order valence-electron chi connectivity index (χ4n) is 2.31. The summed E-state index contributed by atoms with van der Waals surface area (Å²) in [5, 5.41) is 3.15. The summed E-state index contributed by atoms with van der Waals surface area (Å²) < 4.78 is 18.3. The van der Waals surface area contributed by atoms with Crippen LogP contribution in [-0.4, -0.2) is 36.6 Å². The number of carbonyl (C=O) groups excluding carboxylic acids is 1. The average Bonchev–Trinajstić information content (AvgIpc) is 2.79. The molecule has 1 aromatic rings. The van der Waals surface area contributed by atoms with Gasteiger partial charge in [0.2, 0.25) is 5.91 Å². The van der Waals surface area contributed by atoms with E-state index in [0.717, 1.165) is 5.56 Å². The molecule has 1 aromatic carbocycles. The summed E-state index contributed by atoms with van der Waals surface area (Å²) in [6.07, 6.45) is -0.205. The number of amides is 1. The molecule has 1 aliphatic heterocycles. The first-order chi connectivity index (χ1) is 9.13. The highest BCUT2D eigenvalue weighted by Gasteiger charge is 2.34. The van der Waals surface area contributed by atoms with Gasteiger partial charge in [0.05, 0.1) is 19.2 Å². The Kier molecular flexibility index (Phi) is 4.50. The predicted molar refractivity (Wildman–Crippen MR) is 69.9 cm³/mol. The van der Waals surface area contributed by atoms with Crippen LogP contribution in [-0.2, 0) is 9.53 Å². The molecule has 0 radical (unpaired) electrons. The number of hydrogen-bond donors (Lipinski definition) is 1. The molecule has 2 rings (SSSR count). The van der Waals surface area contributed by atoms with Gasteiger partial charge in [-0.15, -0.1) is 0 Å². The molecule has 1 fully saturated rings. The second-order valence-corrected chi connectivity index (χ2v) is 4.64. The Bertz CT molecular complexity index is 436. The molecule has 1 amide bonds. The zero-order valence-electron chi connectivity index (χ0n) is 11.2. The van der Waals surface area contributed by atoms with Gasteiger partial charge in [0.15, 0.2) is 0 Å². The molecular weight excluding hydrogens is 247 g/mol. The molecule has 1 heterocycles. The molecular formula is C14H19FN2O2. The first-order valence-electron chi connectivity index (χ1n) is 6.51. The van der Waals surface area contributed by atoms with E-state index in [0.29, 0.717) is 19.8 Å². The molecule has 2 unspecified atom stereocenters. The molecule has 1 saturated heterocycles. The van der Waals surface area contributed by atoms with Crippen molar-refractivity contribution >= 4 is 5.91 Å². The van der Waals surface area contributed by atoms with Crippen LogP contribution in [0.2, 0.25) is 0 Å². The lowest BCUT2D eigenvalue weighted by Gasteiger charge is -2.30. The number of halogens is 1. The summed E-state index contributed by atoms with van der Waals surface area (Å²) in [6, 6.07) is 6.20. The summed E-state index contributed by atoms with van der Waals surface area (Å²) in [6.45, 7) is 5.31. The van der Waals surface area contributed by atoms with E-state index in [4.69, 9.17) is 4.74 Å². The highest BCUT2D eigenvalue weighted by molar-refractivity contribution is 5.81.